The Kier molecular flexibility index (Phi) is 4.10. The fraction of sp³-hybridized carbons (Fsp3) is 0.111. The van der Waals surface area contributed by atoms with Crippen LogP contribution in [0.1, 0.15) is 12.3 Å². The third-order valence-corrected chi connectivity index (χ3v) is 3.40. The van der Waals surface area contributed by atoms with E-state index in [1.807, 2.05) is 30.3 Å². The Hall–Kier alpha value is -3.08. The lowest BCUT2D eigenvalue weighted by Crippen LogP contribution is -1.97. The number of hydrogen-bond acceptors (Lipinski definition) is 4. The summed E-state index contributed by atoms with van der Waals surface area (Å²) in [4.78, 5) is 15.2. The summed E-state index contributed by atoms with van der Waals surface area (Å²) in [6, 6.07) is 16.2. The van der Waals surface area contributed by atoms with Gasteiger partial charge in [0.1, 0.15) is 11.4 Å². The smallest absolute Gasteiger partial charge is 0.303 e. The van der Waals surface area contributed by atoms with Crippen LogP contribution in [0.2, 0.25) is 0 Å². The molecule has 0 radical (unpaired) electrons. The number of carboxylic acids is 1. The lowest BCUT2D eigenvalue weighted by atomic mass is 10.1. The van der Waals surface area contributed by atoms with Crippen molar-refractivity contribution >= 4 is 5.97 Å². The van der Waals surface area contributed by atoms with Crippen LogP contribution in [0.15, 0.2) is 59.0 Å². The molecule has 0 aliphatic rings. The average molecular weight is 309 g/mol. The maximum atomic E-state index is 10.7. The molecule has 3 aromatic rings. The Morgan fingerprint density at radius 1 is 1.00 bits per heavy atom. The third kappa shape index (κ3) is 3.40. The molecule has 2 N–H and O–H groups in total. The number of aromatic hydroxyl groups is 1. The van der Waals surface area contributed by atoms with Crippen molar-refractivity contribution in [2.45, 2.75) is 12.8 Å². The summed E-state index contributed by atoms with van der Waals surface area (Å²) in [6.07, 6.45) is 0.191. The summed E-state index contributed by atoms with van der Waals surface area (Å²) in [7, 11) is 0. The number of aromatic nitrogens is 1. The van der Waals surface area contributed by atoms with Crippen molar-refractivity contribution in [2.75, 3.05) is 0 Å². The highest BCUT2D eigenvalue weighted by Crippen LogP contribution is 2.33. The zero-order chi connectivity index (χ0) is 16.2. The van der Waals surface area contributed by atoms with Crippen molar-refractivity contribution in [2.24, 2.45) is 0 Å². The number of carbonyl (C=O) groups is 1. The highest BCUT2D eigenvalue weighted by atomic mass is 16.4. The van der Waals surface area contributed by atoms with Crippen LogP contribution in [-0.2, 0) is 11.2 Å². The Balaban J connectivity index is 2.05. The molecular weight excluding hydrogens is 294 g/mol. The van der Waals surface area contributed by atoms with E-state index in [1.54, 1.807) is 24.3 Å². The first-order valence-corrected chi connectivity index (χ1v) is 7.20. The molecule has 0 saturated heterocycles. The monoisotopic (exact) mass is 309 g/mol. The zero-order valence-electron chi connectivity index (χ0n) is 12.3. The fourth-order valence-electron chi connectivity index (χ4n) is 2.29. The minimum atomic E-state index is -0.893. The first-order chi connectivity index (χ1) is 11.1. The van der Waals surface area contributed by atoms with Gasteiger partial charge in [-0.3, -0.25) is 4.79 Å². The van der Waals surface area contributed by atoms with Crippen molar-refractivity contribution in [1.29, 1.82) is 0 Å². The number of rotatable bonds is 5. The van der Waals surface area contributed by atoms with Gasteiger partial charge in [-0.05, 0) is 24.3 Å². The first-order valence-electron chi connectivity index (χ1n) is 7.20. The molecule has 116 valence electrons. The molecule has 3 rings (SSSR count). The van der Waals surface area contributed by atoms with E-state index < -0.39 is 5.97 Å². The van der Waals surface area contributed by atoms with Gasteiger partial charge < -0.3 is 14.6 Å². The second-order valence-electron chi connectivity index (χ2n) is 5.09. The Labute approximate surface area is 132 Å². The molecule has 0 unspecified atom stereocenters. The van der Waals surface area contributed by atoms with E-state index in [-0.39, 0.29) is 18.6 Å². The van der Waals surface area contributed by atoms with Gasteiger partial charge in [0, 0.05) is 17.5 Å². The molecule has 0 aliphatic heterocycles. The molecule has 0 amide bonds. The van der Waals surface area contributed by atoms with E-state index in [9.17, 15) is 9.90 Å². The summed E-state index contributed by atoms with van der Waals surface area (Å²) < 4.78 is 5.79. The van der Waals surface area contributed by atoms with Gasteiger partial charge >= 0.3 is 5.97 Å². The summed E-state index contributed by atoms with van der Waals surface area (Å²) in [6.45, 7) is 0. The van der Waals surface area contributed by atoms with E-state index in [0.717, 1.165) is 11.1 Å². The van der Waals surface area contributed by atoms with Gasteiger partial charge in [-0.15, -0.1) is 0 Å². The molecule has 0 saturated carbocycles. The number of phenolic OH excluding ortho intramolecular Hbond substituents is 1. The minimum absolute atomic E-state index is 0.0379. The molecule has 5 nitrogen and oxygen atoms in total. The van der Waals surface area contributed by atoms with E-state index in [1.165, 1.54) is 0 Å². The molecule has 1 heterocycles. The Bertz CT molecular complexity index is 807. The van der Waals surface area contributed by atoms with Crippen LogP contribution < -0.4 is 0 Å². The molecule has 0 fully saturated rings. The molecule has 23 heavy (non-hydrogen) atoms. The second kappa shape index (κ2) is 6.36. The molecule has 0 atom stereocenters. The minimum Gasteiger partial charge on any atom is -0.508 e. The average Bonchev–Trinajstić information content (AvgIpc) is 2.99. The van der Waals surface area contributed by atoms with Crippen molar-refractivity contribution < 1.29 is 19.4 Å². The summed E-state index contributed by atoms with van der Waals surface area (Å²) in [5.41, 5.74) is 2.33. The maximum absolute atomic E-state index is 10.7. The standard InChI is InChI=1S/C18H15NO4/c20-14-8-6-13(7-9-14)18-17(12-4-2-1-3-5-12)19-15(23-18)10-11-16(21)22/h1-9,20H,10-11H2,(H,21,22). The third-order valence-electron chi connectivity index (χ3n) is 3.40. The number of aliphatic carboxylic acids is 1. The van der Waals surface area contributed by atoms with Gasteiger partial charge in [-0.25, -0.2) is 4.98 Å². The highest BCUT2D eigenvalue weighted by Gasteiger charge is 2.17. The number of aryl methyl sites for hydroxylation is 1. The fourth-order valence-corrected chi connectivity index (χ4v) is 2.29. The van der Waals surface area contributed by atoms with Gasteiger partial charge in [0.15, 0.2) is 11.7 Å². The van der Waals surface area contributed by atoms with Gasteiger partial charge in [0.2, 0.25) is 0 Å². The summed E-state index contributed by atoms with van der Waals surface area (Å²) >= 11 is 0. The van der Waals surface area contributed by atoms with Gasteiger partial charge in [-0.2, -0.15) is 0 Å². The summed E-state index contributed by atoms with van der Waals surface area (Å²) in [5.74, 6) is 0.224. The van der Waals surface area contributed by atoms with Crippen LogP contribution in [0.3, 0.4) is 0 Å². The van der Waals surface area contributed by atoms with Crippen LogP contribution >= 0.6 is 0 Å². The molecular formula is C18H15NO4. The van der Waals surface area contributed by atoms with Gasteiger partial charge in [-0.1, -0.05) is 30.3 Å². The van der Waals surface area contributed by atoms with E-state index in [4.69, 9.17) is 9.52 Å². The SMILES string of the molecule is O=C(O)CCc1nc(-c2ccccc2)c(-c2ccc(O)cc2)o1. The number of phenols is 1. The molecule has 1 aromatic heterocycles. The molecule has 0 bridgehead atoms. The normalized spacial score (nSPS) is 10.6. The molecule has 0 aliphatic carbocycles. The number of hydrogen-bond donors (Lipinski definition) is 2. The number of carboxylic acid groups (broad SMARTS) is 1. The largest absolute Gasteiger partial charge is 0.508 e. The molecule has 2 aromatic carbocycles. The quantitative estimate of drug-likeness (QED) is 0.750. The van der Waals surface area contributed by atoms with Gasteiger partial charge in [0.25, 0.3) is 0 Å². The van der Waals surface area contributed by atoms with Crippen molar-refractivity contribution in [3.05, 3.63) is 60.5 Å². The van der Waals surface area contributed by atoms with Crippen molar-refractivity contribution in [1.82, 2.24) is 4.98 Å². The number of oxazole rings is 1. The van der Waals surface area contributed by atoms with Crippen LogP contribution in [0, 0.1) is 0 Å². The second-order valence-corrected chi connectivity index (χ2v) is 5.09. The Morgan fingerprint density at radius 3 is 2.35 bits per heavy atom. The predicted octanol–water partition coefficient (Wildman–Crippen LogP) is 3.73. The van der Waals surface area contributed by atoms with Crippen molar-refractivity contribution in [3.8, 4) is 28.3 Å². The lowest BCUT2D eigenvalue weighted by molar-refractivity contribution is -0.137. The van der Waals surface area contributed by atoms with Crippen LogP contribution in [0.4, 0.5) is 0 Å². The maximum Gasteiger partial charge on any atom is 0.303 e. The topological polar surface area (TPSA) is 83.6 Å². The first kappa shape index (κ1) is 14.8. The van der Waals surface area contributed by atoms with Gasteiger partial charge in [0.05, 0.1) is 6.42 Å². The van der Waals surface area contributed by atoms with Crippen LogP contribution in [0.5, 0.6) is 5.75 Å². The van der Waals surface area contributed by atoms with E-state index in [2.05, 4.69) is 4.98 Å². The Morgan fingerprint density at radius 2 is 1.70 bits per heavy atom. The molecule has 5 heteroatoms. The number of nitrogens with zero attached hydrogens (tertiary/aromatic N) is 1. The number of benzene rings is 2. The highest BCUT2D eigenvalue weighted by molar-refractivity contribution is 5.77. The van der Waals surface area contributed by atoms with E-state index in [0.29, 0.717) is 17.3 Å². The predicted molar refractivity (Wildman–Crippen MR) is 85.0 cm³/mol. The van der Waals surface area contributed by atoms with Crippen LogP contribution in [-0.4, -0.2) is 21.2 Å². The zero-order valence-corrected chi connectivity index (χ0v) is 12.3. The summed E-state index contributed by atoms with van der Waals surface area (Å²) in [5, 5.41) is 18.2. The van der Waals surface area contributed by atoms with E-state index >= 15 is 0 Å². The molecule has 0 spiro atoms. The van der Waals surface area contributed by atoms with Crippen LogP contribution in [0.25, 0.3) is 22.6 Å². The lowest BCUT2D eigenvalue weighted by Gasteiger charge is -2.01. The van der Waals surface area contributed by atoms with Crippen molar-refractivity contribution in [3.63, 3.8) is 0 Å².